The van der Waals surface area contributed by atoms with Crippen LogP contribution in [0.3, 0.4) is 0 Å². The second-order valence-corrected chi connectivity index (χ2v) is 2.64. The fourth-order valence-corrected chi connectivity index (χ4v) is 0.652. The van der Waals surface area contributed by atoms with E-state index in [4.69, 9.17) is 0 Å². The molecular formula is C4H3IN2O. The maximum Gasteiger partial charge on any atom is 0.281 e. The van der Waals surface area contributed by atoms with Crippen molar-refractivity contribution in [3.8, 4) is 0 Å². The van der Waals surface area contributed by atoms with Gasteiger partial charge < -0.3 is 0 Å². The Morgan fingerprint density at radius 3 is 2.88 bits per heavy atom. The zero-order chi connectivity index (χ0) is 5.98. The first-order valence-electron chi connectivity index (χ1n) is 2.06. The molecule has 8 heavy (non-hydrogen) atoms. The third-order valence-electron chi connectivity index (χ3n) is 0.714. The molecule has 0 fully saturated rings. The number of carbonyl (C=O) groups excluding carboxylic acids is 1. The molecule has 1 unspecified atom stereocenters. The van der Waals surface area contributed by atoms with Crippen LogP contribution in [0, 0.1) is 0 Å². The van der Waals surface area contributed by atoms with Crippen LogP contribution in [-0.2, 0) is 4.79 Å². The summed E-state index contributed by atoms with van der Waals surface area (Å²) in [5.74, 6) is -0.173. The van der Waals surface area contributed by atoms with Gasteiger partial charge in [-0.3, -0.25) is 4.79 Å². The van der Waals surface area contributed by atoms with Crippen molar-refractivity contribution in [1.29, 1.82) is 0 Å². The van der Waals surface area contributed by atoms with Crippen molar-refractivity contribution in [1.82, 2.24) is 0 Å². The molecule has 1 rings (SSSR count). The SMILES string of the molecule is O=C1N=NC=CC1I. The lowest BCUT2D eigenvalue weighted by atomic mass is 10.4. The highest BCUT2D eigenvalue weighted by Gasteiger charge is 2.11. The molecule has 0 saturated heterocycles. The van der Waals surface area contributed by atoms with Crippen LogP contribution in [0.4, 0.5) is 0 Å². The van der Waals surface area contributed by atoms with Crippen LogP contribution in [-0.4, -0.2) is 9.83 Å². The molecule has 0 N–H and O–H groups in total. The molecule has 0 aromatic carbocycles. The number of nitrogens with zero attached hydrogens (tertiary/aromatic N) is 2. The summed E-state index contributed by atoms with van der Waals surface area (Å²) in [6, 6.07) is 0. The van der Waals surface area contributed by atoms with E-state index in [-0.39, 0.29) is 9.83 Å². The van der Waals surface area contributed by atoms with Gasteiger partial charge >= 0.3 is 0 Å². The van der Waals surface area contributed by atoms with Gasteiger partial charge in [-0.05, 0) is 6.08 Å². The first kappa shape index (κ1) is 5.87. The Morgan fingerprint density at radius 1 is 1.75 bits per heavy atom. The molecule has 4 heteroatoms. The highest BCUT2D eigenvalue weighted by Crippen LogP contribution is 2.08. The lowest BCUT2D eigenvalue weighted by Gasteiger charge is -1.97. The molecule has 0 aromatic heterocycles. The van der Waals surface area contributed by atoms with Crippen LogP contribution in [0.15, 0.2) is 22.5 Å². The van der Waals surface area contributed by atoms with Gasteiger partial charge in [0.2, 0.25) is 0 Å². The van der Waals surface area contributed by atoms with Crippen molar-refractivity contribution >= 4 is 28.5 Å². The van der Waals surface area contributed by atoms with Gasteiger partial charge in [0.1, 0.15) is 3.92 Å². The Balaban J connectivity index is 2.74. The maximum atomic E-state index is 10.5. The normalized spacial score (nSPS) is 26.6. The fourth-order valence-electron chi connectivity index (χ4n) is 0.342. The third kappa shape index (κ3) is 1.12. The van der Waals surface area contributed by atoms with Crippen LogP contribution in [0.1, 0.15) is 0 Å². The third-order valence-corrected chi connectivity index (χ3v) is 1.66. The second kappa shape index (κ2) is 2.34. The van der Waals surface area contributed by atoms with Crippen molar-refractivity contribution in [3.63, 3.8) is 0 Å². The molecule has 0 aliphatic carbocycles. The molecule has 42 valence electrons. The van der Waals surface area contributed by atoms with Gasteiger partial charge in [-0.15, -0.1) is 5.11 Å². The quantitative estimate of drug-likeness (QED) is 0.449. The number of halogens is 1. The Hall–Kier alpha value is -0.260. The first-order chi connectivity index (χ1) is 3.80. The van der Waals surface area contributed by atoms with Crippen molar-refractivity contribution in [3.05, 3.63) is 12.3 Å². The molecular weight excluding hydrogens is 219 g/mol. The minimum atomic E-state index is -0.173. The van der Waals surface area contributed by atoms with E-state index in [1.165, 1.54) is 6.20 Å². The summed E-state index contributed by atoms with van der Waals surface area (Å²) in [4.78, 5) is 10.5. The first-order valence-corrected chi connectivity index (χ1v) is 3.31. The summed E-state index contributed by atoms with van der Waals surface area (Å²) >= 11 is 1.99. The number of rotatable bonds is 0. The van der Waals surface area contributed by atoms with E-state index in [1.54, 1.807) is 6.08 Å². The largest absolute Gasteiger partial charge is 0.281 e. The average molecular weight is 222 g/mol. The molecule has 1 heterocycles. The van der Waals surface area contributed by atoms with Gasteiger partial charge in [-0.25, -0.2) is 0 Å². The van der Waals surface area contributed by atoms with Crippen molar-refractivity contribution in [2.45, 2.75) is 3.92 Å². The number of hydrogen-bond acceptors (Lipinski definition) is 2. The predicted octanol–water partition coefficient (Wildman–Crippen LogP) is 1.30. The van der Waals surface area contributed by atoms with E-state index < -0.39 is 0 Å². The smallest absolute Gasteiger partial charge is 0.269 e. The molecule has 1 aliphatic rings. The fraction of sp³-hybridized carbons (Fsp3) is 0.250. The van der Waals surface area contributed by atoms with E-state index in [0.717, 1.165) is 0 Å². The van der Waals surface area contributed by atoms with Gasteiger partial charge in [0.05, 0.1) is 0 Å². The number of carbonyl (C=O) groups is 1. The molecule has 0 spiro atoms. The maximum absolute atomic E-state index is 10.5. The number of hydrogen-bond donors (Lipinski definition) is 0. The number of amides is 1. The predicted molar refractivity (Wildman–Crippen MR) is 36.8 cm³/mol. The number of azo groups is 1. The van der Waals surface area contributed by atoms with Gasteiger partial charge in [0.15, 0.2) is 0 Å². The summed E-state index contributed by atoms with van der Waals surface area (Å²) in [7, 11) is 0. The molecule has 0 aromatic rings. The molecule has 0 bridgehead atoms. The summed E-state index contributed by atoms with van der Waals surface area (Å²) in [5, 5.41) is 6.70. The Kier molecular flexibility index (Phi) is 1.72. The van der Waals surface area contributed by atoms with Crippen molar-refractivity contribution in [2.24, 2.45) is 10.2 Å². The molecule has 0 saturated carbocycles. The average Bonchev–Trinajstić information content (AvgIpc) is 1.77. The Labute approximate surface area is 60.0 Å². The summed E-state index contributed by atoms with van der Waals surface area (Å²) in [6.07, 6.45) is 3.23. The highest BCUT2D eigenvalue weighted by molar-refractivity contribution is 14.1. The second-order valence-electron chi connectivity index (χ2n) is 1.30. The lowest BCUT2D eigenvalue weighted by molar-refractivity contribution is -0.116. The van der Waals surface area contributed by atoms with Gasteiger partial charge in [0, 0.05) is 6.20 Å². The van der Waals surface area contributed by atoms with Crippen LogP contribution in [0.5, 0.6) is 0 Å². The van der Waals surface area contributed by atoms with E-state index in [2.05, 4.69) is 10.2 Å². The van der Waals surface area contributed by atoms with Gasteiger partial charge in [-0.2, -0.15) is 5.11 Å². The Bertz CT molecular complexity index is 163. The summed E-state index contributed by atoms with van der Waals surface area (Å²) < 4.78 is -0.106. The molecule has 0 radical (unpaired) electrons. The standard InChI is InChI=1S/C4H3IN2O/c5-3-1-2-6-7-4(3)8/h1-3H. The van der Waals surface area contributed by atoms with E-state index in [0.29, 0.717) is 0 Å². The monoisotopic (exact) mass is 222 g/mol. The van der Waals surface area contributed by atoms with Crippen LogP contribution in [0.2, 0.25) is 0 Å². The molecule has 3 nitrogen and oxygen atoms in total. The van der Waals surface area contributed by atoms with Gasteiger partial charge in [0.25, 0.3) is 5.91 Å². The molecule has 1 amide bonds. The van der Waals surface area contributed by atoms with Crippen molar-refractivity contribution < 1.29 is 4.79 Å². The zero-order valence-electron chi connectivity index (χ0n) is 3.91. The Morgan fingerprint density at radius 2 is 2.50 bits per heavy atom. The molecule has 1 atom stereocenters. The van der Waals surface area contributed by atoms with Crippen LogP contribution in [0.25, 0.3) is 0 Å². The van der Waals surface area contributed by atoms with Gasteiger partial charge in [-0.1, -0.05) is 22.6 Å². The molecule has 1 aliphatic heterocycles. The van der Waals surface area contributed by atoms with Crippen LogP contribution >= 0.6 is 22.6 Å². The lowest BCUT2D eigenvalue weighted by Crippen LogP contribution is -2.08. The van der Waals surface area contributed by atoms with E-state index >= 15 is 0 Å². The van der Waals surface area contributed by atoms with Crippen LogP contribution < -0.4 is 0 Å². The summed E-state index contributed by atoms with van der Waals surface area (Å²) in [6.45, 7) is 0. The zero-order valence-corrected chi connectivity index (χ0v) is 6.07. The highest BCUT2D eigenvalue weighted by atomic mass is 127. The van der Waals surface area contributed by atoms with E-state index in [1.807, 2.05) is 22.6 Å². The minimum absolute atomic E-state index is 0.106. The van der Waals surface area contributed by atoms with E-state index in [9.17, 15) is 4.79 Å². The topological polar surface area (TPSA) is 41.8 Å². The summed E-state index contributed by atoms with van der Waals surface area (Å²) in [5.41, 5.74) is 0. The minimum Gasteiger partial charge on any atom is -0.269 e. The number of alkyl halides is 1. The van der Waals surface area contributed by atoms with Crippen molar-refractivity contribution in [2.75, 3.05) is 0 Å².